The molecule has 0 aliphatic carbocycles. The summed E-state index contributed by atoms with van der Waals surface area (Å²) in [4.78, 5) is 13.6. The molecule has 2 heterocycles. The Bertz CT molecular complexity index is 1090. The van der Waals surface area contributed by atoms with E-state index in [1.807, 2.05) is 24.3 Å². The second-order valence-corrected chi connectivity index (χ2v) is 8.67. The number of hydrogen-bond donors (Lipinski definition) is 0. The highest BCUT2D eigenvalue weighted by atomic mass is 32.2. The van der Waals surface area contributed by atoms with E-state index in [0.29, 0.717) is 17.4 Å². The lowest BCUT2D eigenvalue weighted by Crippen LogP contribution is -2.51. The van der Waals surface area contributed by atoms with Crippen molar-refractivity contribution < 1.29 is 26.7 Å². The molecule has 2 aliphatic heterocycles. The van der Waals surface area contributed by atoms with Crippen molar-refractivity contribution >= 4 is 22.0 Å². The molecule has 0 atom stereocenters. The summed E-state index contributed by atoms with van der Waals surface area (Å²) < 4.78 is 59.3. The van der Waals surface area contributed by atoms with Gasteiger partial charge in [0, 0.05) is 31.7 Å². The average molecular weight is 420 g/mol. The molecule has 0 unspecified atom stereocenters. The van der Waals surface area contributed by atoms with E-state index in [1.54, 1.807) is 6.08 Å². The monoisotopic (exact) mass is 420 g/mol. The van der Waals surface area contributed by atoms with E-state index in [9.17, 15) is 22.0 Å². The van der Waals surface area contributed by atoms with Crippen molar-refractivity contribution in [2.75, 3.05) is 32.8 Å². The molecule has 0 N–H and O–H groups in total. The van der Waals surface area contributed by atoms with Crippen LogP contribution >= 0.6 is 0 Å². The molecule has 6 nitrogen and oxygen atoms in total. The third-order valence-electron chi connectivity index (χ3n) is 4.94. The number of amides is 1. The Morgan fingerprint density at radius 2 is 1.72 bits per heavy atom. The first-order chi connectivity index (χ1) is 13.9. The van der Waals surface area contributed by atoms with Gasteiger partial charge >= 0.3 is 0 Å². The minimum Gasteiger partial charge on any atom is -0.488 e. The maximum absolute atomic E-state index is 13.9. The number of carbonyl (C=O) groups excluding carboxylic acids is 1. The minimum absolute atomic E-state index is 0.00521. The summed E-state index contributed by atoms with van der Waals surface area (Å²) in [7, 11) is -4.19. The number of halogens is 2. The smallest absolute Gasteiger partial charge is 0.253 e. The summed E-state index contributed by atoms with van der Waals surface area (Å²) in [6.07, 6.45) is 1.77. The summed E-state index contributed by atoms with van der Waals surface area (Å²) in [5.41, 5.74) is 1.29. The van der Waals surface area contributed by atoms with E-state index in [2.05, 4.69) is 0 Å². The third kappa shape index (κ3) is 3.75. The average Bonchev–Trinajstić information content (AvgIpc) is 2.74. The quantitative estimate of drug-likeness (QED) is 0.764. The fraction of sp³-hybridized carbons (Fsp3) is 0.250. The lowest BCUT2D eigenvalue weighted by Gasteiger charge is -2.34. The van der Waals surface area contributed by atoms with Gasteiger partial charge in [-0.1, -0.05) is 18.2 Å². The number of carbonyl (C=O) groups is 1. The topological polar surface area (TPSA) is 66.9 Å². The Kier molecular flexibility index (Phi) is 5.10. The van der Waals surface area contributed by atoms with E-state index in [4.69, 9.17) is 4.74 Å². The van der Waals surface area contributed by atoms with Crippen molar-refractivity contribution in [2.45, 2.75) is 4.90 Å². The molecule has 9 heteroatoms. The Labute approximate surface area is 167 Å². The van der Waals surface area contributed by atoms with Crippen LogP contribution in [0.5, 0.6) is 5.75 Å². The first kappa shape index (κ1) is 19.5. The molecule has 4 rings (SSSR count). The molecule has 0 aromatic heterocycles. The standard InChI is InChI=1S/C20H18F2N2O4S/c21-16-5-6-17(22)19(12-16)29(26,27)24-9-7-23(8-10-24)20(25)15-11-14-3-1-2-4-18(14)28-13-15/h1-6,11-12H,7-10,13H2. The molecule has 0 radical (unpaired) electrons. The fourth-order valence-electron chi connectivity index (χ4n) is 3.39. The first-order valence-corrected chi connectivity index (χ1v) is 10.5. The highest BCUT2D eigenvalue weighted by Gasteiger charge is 2.33. The van der Waals surface area contributed by atoms with Crippen LogP contribution in [-0.4, -0.2) is 56.3 Å². The number of nitrogens with zero attached hydrogens (tertiary/aromatic N) is 2. The molecule has 2 aliphatic rings. The van der Waals surface area contributed by atoms with E-state index in [-0.39, 0.29) is 38.7 Å². The van der Waals surface area contributed by atoms with Crippen LogP contribution in [0, 0.1) is 11.6 Å². The molecule has 0 saturated carbocycles. The number of sulfonamides is 1. The van der Waals surface area contributed by atoms with Crippen molar-refractivity contribution in [2.24, 2.45) is 0 Å². The van der Waals surface area contributed by atoms with Crippen LogP contribution in [-0.2, 0) is 14.8 Å². The van der Waals surface area contributed by atoms with Crippen molar-refractivity contribution in [3.05, 3.63) is 65.2 Å². The van der Waals surface area contributed by atoms with Gasteiger partial charge in [-0.3, -0.25) is 4.79 Å². The zero-order valence-corrected chi connectivity index (χ0v) is 16.2. The van der Waals surface area contributed by atoms with Gasteiger partial charge in [-0.05, 0) is 30.3 Å². The van der Waals surface area contributed by atoms with Crippen LogP contribution in [0.1, 0.15) is 5.56 Å². The second-order valence-electron chi connectivity index (χ2n) is 6.77. The van der Waals surface area contributed by atoms with Crippen LogP contribution in [0.3, 0.4) is 0 Å². The van der Waals surface area contributed by atoms with Gasteiger partial charge in [0.25, 0.3) is 5.91 Å². The predicted octanol–water partition coefficient (Wildman–Crippen LogP) is 2.27. The summed E-state index contributed by atoms with van der Waals surface area (Å²) in [6.45, 7) is 0.425. The van der Waals surface area contributed by atoms with E-state index >= 15 is 0 Å². The number of benzene rings is 2. The van der Waals surface area contributed by atoms with Crippen LogP contribution in [0.25, 0.3) is 6.08 Å². The first-order valence-electron chi connectivity index (χ1n) is 9.03. The highest BCUT2D eigenvalue weighted by molar-refractivity contribution is 7.89. The zero-order chi connectivity index (χ0) is 20.6. The van der Waals surface area contributed by atoms with Gasteiger partial charge in [0.05, 0.1) is 5.57 Å². The highest BCUT2D eigenvalue weighted by Crippen LogP contribution is 2.27. The number of hydrogen-bond acceptors (Lipinski definition) is 4. The Hall–Kier alpha value is -2.78. The number of para-hydroxylation sites is 1. The van der Waals surface area contributed by atoms with Crippen molar-refractivity contribution in [3.63, 3.8) is 0 Å². The third-order valence-corrected chi connectivity index (χ3v) is 6.86. The Morgan fingerprint density at radius 3 is 2.48 bits per heavy atom. The van der Waals surface area contributed by atoms with Crippen molar-refractivity contribution in [1.82, 2.24) is 9.21 Å². The largest absolute Gasteiger partial charge is 0.488 e. The summed E-state index contributed by atoms with van der Waals surface area (Å²) >= 11 is 0. The van der Waals surface area contributed by atoms with Gasteiger partial charge in [0.15, 0.2) is 0 Å². The summed E-state index contributed by atoms with van der Waals surface area (Å²) in [5, 5.41) is 0. The molecule has 1 saturated heterocycles. The molecule has 2 aromatic rings. The van der Waals surface area contributed by atoms with Crippen LogP contribution in [0.4, 0.5) is 8.78 Å². The van der Waals surface area contributed by atoms with Crippen molar-refractivity contribution in [1.29, 1.82) is 0 Å². The maximum Gasteiger partial charge on any atom is 0.253 e. The van der Waals surface area contributed by atoms with E-state index in [0.717, 1.165) is 22.0 Å². The van der Waals surface area contributed by atoms with Crippen LogP contribution < -0.4 is 4.74 Å². The van der Waals surface area contributed by atoms with Crippen LogP contribution in [0.15, 0.2) is 52.9 Å². The summed E-state index contributed by atoms with van der Waals surface area (Å²) in [6, 6.07) is 9.69. The molecule has 1 amide bonds. The lowest BCUT2D eigenvalue weighted by atomic mass is 10.1. The van der Waals surface area contributed by atoms with Gasteiger partial charge in [-0.2, -0.15) is 4.31 Å². The van der Waals surface area contributed by atoms with Gasteiger partial charge < -0.3 is 9.64 Å². The number of rotatable bonds is 3. The van der Waals surface area contributed by atoms with Gasteiger partial charge in [0.1, 0.15) is 28.9 Å². The lowest BCUT2D eigenvalue weighted by molar-refractivity contribution is -0.128. The summed E-state index contributed by atoms with van der Waals surface area (Å²) in [5.74, 6) is -1.36. The second kappa shape index (κ2) is 7.57. The van der Waals surface area contributed by atoms with Gasteiger partial charge in [-0.15, -0.1) is 0 Å². The normalized spacial score (nSPS) is 17.3. The molecular formula is C20H18F2N2O4S. The predicted molar refractivity (Wildman–Crippen MR) is 102 cm³/mol. The number of fused-ring (bicyclic) bond motifs is 1. The van der Waals surface area contributed by atoms with E-state index in [1.165, 1.54) is 4.90 Å². The Balaban J connectivity index is 1.46. The molecule has 0 bridgehead atoms. The molecule has 1 fully saturated rings. The maximum atomic E-state index is 13.9. The molecular weight excluding hydrogens is 402 g/mol. The molecule has 2 aromatic carbocycles. The molecule has 152 valence electrons. The van der Waals surface area contributed by atoms with E-state index < -0.39 is 26.6 Å². The van der Waals surface area contributed by atoms with Crippen molar-refractivity contribution in [3.8, 4) is 5.75 Å². The zero-order valence-electron chi connectivity index (χ0n) is 15.3. The Morgan fingerprint density at radius 1 is 1.00 bits per heavy atom. The van der Waals surface area contributed by atoms with Gasteiger partial charge in [0.2, 0.25) is 10.0 Å². The fourth-order valence-corrected chi connectivity index (χ4v) is 4.89. The number of ether oxygens (including phenoxy) is 1. The number of piperazine rings is 1. The molecule has 0 spiro atoms. The SMILES string of the molecule is O=C(C1=Cc2ccccc2OC1)N1CCN(S(=O)(=O)c2cc(F)ccc2F)CC1. The van der Waals surface area contributed by atoms with Gasteiger partial charge in [-0.25, -0.2) is 17.2 Å². The molecule has 29 heavy (non-hydrogen) atoms. The minimum atomic E-state index is -4.19. The van der Waals surface area contributed by atoms with Crippen LogP contribution in [0.2, 0.25) is 0 Å².